The minimum atomic E-state index is -1.87. The van der Waals surface area contributed by atoms with Crippen LogP contribution in [0.25, 0.3) is 0 Å². The third kappa shape index (κ3) is 5.14. The van der Waals surface area contributed by atoms with Crippen LogP contribution in [0.2, 0.25) is 36.3 Å². The highest BCUT2D eigenvalue weighted by Gasteiger charge is 2.45. The van der Waals surface area contributed by atoms with E-state index in [1.807, 2.05) is 0 Å². The molecule has 0 amide bonds. The van der Waals surface area contributed by atoms with Crippen LogP contribution in [0.1, 0.15) is 41.5 Å². The first-order valence-electron chi connectivity index (χ1n) is 8.48. The summed E-state index contributed by atoms with van der Waals surface area (Å²) in [6, 6.07) is 0. The van der Waals surface area contributed by atoms with Gasteiger partial charge in [-0.15, -0.1) is 0 Å². The highest BCUT2D eigenvalue weighted by Crippen LogP contribution is 2.42. The SMILES string of the molecule is CC(C)(C)[Si](C)(C)O[C@H]1C=CC=C(Br)[C@@H]1O[Si](C)(C)C(C)(C)C. The summed E-state index contributed by atoms with van der Waals surface area (Å²) in [4.78, 5) is 0. The van der Waals surface area contributed by atoms with E-state index in [2.05, 4.69) is 102 Å². The first-order valence-corrected chi connectivity index (χ1v) is 15.1. The Bertz CT molecular complexity index is 482. The van der Waals surface area contributed by atoms with Gasteiger partial charge in [0.1, 0.15) is 6.10 Å². The zero-order valence-electron chi connectivity index (χ0n) is 16.6. The van der Waals surface area contributed by atoms with Gasteiger partial charge in [-0.1, -0.05) is 69.6 Å². The molecule has 134 valence electrons. The van der Waals surface area contributed by atoms with Gasteiger partial charge in [-0.05, 0) is 42.3 Å². The van der Waals surface area contributed by atoms with Crippen molar-refractivity contribution in [2.45, 2.75) is 90.0 Å². The van der Waals surface area contributed by atoms with Gasteiger partial charge in [-0.2, -0.15) is 0 Å². The lowest BCUT2D eigenvalue weighted by Gasteiger charge is -2.45. The Morgan fingerprint density at radius 2 is 1.30 bits per heavy atom. The van der Waals surface area contributed by atoms with Gasteiger partial charge in [-0.3, -0.25) is 0 Å². The van der Waals surface area contributed by atoms with Gasteiger partial charge in [0.05, 0.1) is 6.10 Å². The molecule has 0 spiro atoms. The zero-order chi connectivity index (χ0) is 18.3. The fraction of sp³-hybridized carbons (Fsp3) is 0.778. The van der Waals surface area contributed by atoms with Crippen LogP contribution in [0.4, 0.5) is 0 Å². The summed E-state index contributed by atoms with van der Waals surface area (Å²) >= 11 is 3.72. The maximum atomic E-state index is 6.70. The molecule has 0 aliphatic heterocycles. The lowest BCUT2D eigenvalue weighted by atomic mass is 10.1. The molecule has 0 bridgehead atoms. The maximum Gasteiger partial charge on any atom is 0.193 e. The second kappa shape index (κ2) is 6.91. The largest absolute Gasteiger partial charge is 0.408 e. The van der Waals surface area contributed by atoms with Crippen molar-refractivity contribution in [1.29, 1.82) is 0 Å². The molecule has 1 rings (SSSR count). The normalized spacial score (nSPS) is 23.9. The number of allylic oxidation sites excluding steroid dienone is 2. The molecule has 0 radical (unpaired) electrons. The molecule has 0 fully saturated rings. The summed E-state index contributed by atoms with van der Waals surface area (Å²) < 4.78 is 14.5. The molecule has 23 heavy (non-hydrogen) atoms. The molecule has 2 atom stereocenters. The third-order valence-electron chi connectivity index (χ3n) is 5.59. The average molecular weight is 420 g/mol. The molecule has 2 nitrogen and oxygen atoms in total. The van der Waals surface area contributed by atoms with Crippen molar-refractivity contribution in [3.63, 3.8) is 0 Å². The van der Waals surface area contributed by atoms with Crippen LogP contribution in [0.3, 0.4) is 0 Å². The smallest absolute Gasteiger partial charge is 0.193 e. The zero-order valence-corrected chi connectivity index (χ0v) is 20.2. The number of hydrogen-bond acceptors (Lipinski definition) is 2. The van der Waals surface area contributed by atoms with Crippen LogP contribution < -0.4 is 0 Å². The Kier molecular flexibility index (Phi) is 6.41. The van der Waals surface area contributed by atoms with E-state index in [9.17, 15) is 0 Å². The number of halogens is 1. The lowest BCUT2D eigenvalue weighted by Crippen LogP contribution is -2.51. The fourth-order valence-corrected chi connectivity index (χ4v) is 5.01. The van der Waals surface area contributed by atoms with Gasteiger partial charge in [0, 0.05) is 4.48 Å². The van der Waals surface area contributed by atoms with E-state index in [-0.39, 0.29) is 22.3 Å². The minimum Gasteiger partial charge on any atom is -0.408 e. The van der Waals surface area contributed by atoms with Crippen LogP contribution in [-0.2, 0) is 8.85 Å². The number of hydrogen-bond donors (Lipinski definition) is 0. The van der Waals surface area contributed by atoms with Gasteiger partial charge in [0.25, 0.3) is 0 Å². The highest BCUT2D eigenvalue weighted by molar-refractivity contribution is 9.11. The second-order valence-electron chi connectivity index (χ2n) is 9.58. The molecule has 0 unspecified atom stereocenters. The topological polar surface area (TPSA) is 18.5 Å². The van der Waals surface area contributed by atoms with Gasteiger partial charge in [0.15, 0.2) is 16.6 Å². The van der Waals surface area contributed by atoms with E-state index >= 15 is 0 Å². The molecule has 0 N–H and O–H groups in total. The molecule has 0 saturated heterocycles. The van der Waals surface area contributed by atoms with Crippen LogP contribution in [0.15, 0.2) is 22.7 Å². The van der Waals surface area contributed by atoms with Crippen LogP contribution in [-0.4, -0.2) is 28.8 Å². The van der Waals surface area contributed by atoms with E-state index < -0.39 is 16.6 Å². The summed E-state index contributed by atoms with van der Waals surface area (Å²) in [5, 5.41) is 0.374. The maximum absolute atomic E-state index is 6.70. The molecular weight excluding hydrogens is 384 g/mol. The van der Waals surface area contributed by atoms with E-state index in [0.29, 0.717) is 0 Å². The predicted molar refractivity (Wildman–Crippen MR) is 110 cm³/mol. The monoisotopic (exact) mass is 418 g/mol. The van der Waals surface area contributed by atoms with Gasteiger partial charge in [0.2, 0.25) is 0 Å². The quantitative estimate of drug-likeness (QED) is 0.477. The second-order valence-corrected chi connectivity index (χ2v) is 20.0. The van der Waals surface area contributed by atoms with E-state index in [1.165, 1.54) is 0 Å². The minimum absolute atomic E-state index is 0.00982. The Labute approximate surface area is 154 Å². The first-order chi connectivity index (χ1) is 10.1. The molecule has 0 saturated carbocycles. The van der Waals surface area contributed by atoms with E-state index in [4.69, 9.17) is 8.85 Å². The summed E-state index contributed by atoms with van der Waals surface area (Å²) in [5.74, 6) is 0. The van der Waals surface area contributed by atoms with Crippen molar-refractivity contribution in [3.05, 3.63) is 22.7 Å². The van der Waals surface area contributed by atoms with E-state index in [1.54, 1.807) is 0 Å². The molecule has 5 heteroatoms. The Hall–Kier alpha value is 0.314. The Morgan fingerprint density at radius 1 is 0.870 bits per heavy atom. The van der Waals surface area contributed by atoms with Gasteiger partial charge in [-0.25, -0.2) is 0 Å². The van der Waals surface area contributed by atoms with Crippen molar-refractivity contribution in [1.82, 2.24) is 0 Å². The van der Waals surface area contributed by atoms with Crippen LogP contribution in [0.5, 0.6) is 0 Å². The summed E-state index contributed by atoms with van der Waals surface area (Å²) in [7, 11) is -3.72. The van der Waals surface area contributed by atoms with Crippen LogP contribution >= 0.6 is 15.9 Å². The highest BCUT2D eigenvalue weighted by atomic mass is 79.9. The molecule has 1 aliphatic rings. The molecular formula is C18H35BrO2Si2. The van der Waals surface area contributed by atoms with Crippen LogP contribution in [0, 0.1) is 0 Å². The molecule has 0 aromatic carbocycles. The van der Waals surface area contributed by atoms with Crippen molar-refractivity contribution in [3.8, 4) is 0 Å². The first kappa shape index (κ1) is 21.4. The fourth-order valence-electron chi connectivity index (χ4n) is 1.85. The molecule has 0 heterocycles. The lowest BCUT2D eigenvalue weighted by molar-refractivity contribution is 0.0906. The standard InChI is InChI=1S/C18H35BrO2Si2/c1-17(2,3)22(7,8)20-15-13-11-12-14(19)16(15)21-23(9,10)18(4,5)6/h11-13,15-16H,1-10H3/t15-,16-/m0/s1. The third-order valence-corrected chi connectivity index (χ3v) is 15.2. The number of rotatable bonds is 4. The van der Waals surface area contributed by atoms with Crippen molar-refractivity contribution in [2.24, 2.45) is 0 Å². The molecule has 0 aromatic heterocycles. The average Bonchev–Trinajstić information content (AvgIpc) is 2.30. The summed E-state index contributed by atoms with van der Waals surface area (Å²) in [6.07, 6.45) is 6.28. The molecule has 1 aliphatic carbocycles. The Balaban J connectivity index is 3.04. The Morgan fingerprint density at radius 3 is 1.74 bits per heavy atom. The van der Waals surface area contributed by atoms with Crippen molar-refractivity contribution < 1.29 is 8.85 Å². The summed E-state index contributed by atoms with van der Waals surface area (Å²) in [5.41, 5.74) is 0. The molecule has 0 aromatic rings. The summed E-state index contributed by atoms with van der Waals surface area (Å²) in [6.45, 7) is 22.9. The van der Waals surface area contributed by atoms with Gasteiger partial charge < -0.3 is 8.85 Å². The van der Waals surface area contributed by atoms with E-state index in [0.717, 1.165) is 4.48 Å². The van der Waals surface area contributed by atoms with Gasteiger partial charge >= 0.3 is 0 Å². The predicted octanol–water partition coefficient (Wildman–Crippen LogP) is 6.62. The van der Waals surface area contributed by atoms with Crippen molar-refractivity contribution in [2.75, 3.05) is 0 Å². The van der Waals surface area contributed by atoms with Crippen molar-refractivity contribution >= 4 is 32.6 Å².